The Hall–Kier alpha value is -1.39. The first-order valence-corrected chi connectivity index (χ1v) is 7.82. The van der Waals surface area contributed by atoms with Crippen LogP contribution in [0.5, 0.6) is 5.75 Å². The lowest BCUT2D eigenvalue weighted by atomic mass is 9.73. The summed E-state index contributed by atoms with van der Waals surface area (Å²) >= 11 is 3.43. The van der Waals surface area contributed by atoms with Crippen LogP contribution < -0.4 is 10.1 Å². The van der Waals surface area contributed by atoms with Gasteiger partial charge in [0.2, 0.25) is 0 Å². The molecule has 2 aromatic carbocycles. The highest BCUT2D eigenvalue weighted by molar-refractivity contribution is 9.10. The number of halogens is 2. The fourth-order valence-corrected chi connectivity index (χ4v) is 3.07. The molecule has 2 aromatic rings. The summed E-state index contributed by atoms with van der Waals surface area (Å²) in [6, 6.07) is 14.7. The first-order chi connectivity index (χ1) is 10.2. The molecule has 0 spiro atoms. The van der Waals surface area contributed by atoms with E-state index in [-0.39, 0.29) is 11.2 Å². The monoisotopic (exact) mass is 349 g/mol. The molecule has 1 saturated heterocycles. The Labute approximate surface area is 132 Å². The summed E-state index contributed by atoms with van der Waals surface area (Å²) in [5, 5.41) is 3.29. The van der Waals surface area contributed by atoms with Gasteiger partial charge in [-0.25, -0.2) is 4.39 Å². The molecule has 21 heavy (non-hydrogen) atoms. The molecule has 1 aliphatic rings. The number of nitrogens with one attached hydrogen (secondary N) is 1. The van der Waals surface area contributed by atoms with Crippen molar-refractivity contribution in [1.29, 1.82) is 0 Å². The average Bonchev–Trinajstić information content (AvgIpc) is 2.42. The fraction of sp³-hybridized carbons (Fsp3) is 0.294. The highest BCUT2D eigenvalue weighted by atomic mass is 79.9. The largest absolute Gasteiger partial charge is 0.494 e. The maximum absolute atomic E-state index is 13.4. The van der Waals surface area contributed by atoms with Crippen molar-refractivity contribution in [3.05, 3.63) is 64.4 Å². The first-order valence-electron chi connectivity index (χ1n) is 7.03. The summed E-state index contributed by atoms with van der Waals surface area (Å²) in [6.07, 6.45) is 0.871. The predicted octanol–water partition coefficient (Wildman–Crippen LogP) is 3.90. The summed E-state index contributed by atoms with van der Waals surface area (Å²) in [7, 11) is 0. The van der Waals surface area contributed by atoms with Crippen LogP contribution in [-0.4, -0.2) is 19.7 Å². The van der Waals surface area contributed by atoms with Gasteiger partial charge in [-0.15, -0.1) is 0 Å². The van der Waals surface area contributed by atoms with Gasteiger partial charge in [0.1, 0.15) is 11.6 Å². The number of rotatable bonds is 5. The minimum atomic E-state index is -0.174. The van der Waals surface area contributed by atoms with Crippen molar-refractivity contribution in [2.45, 2.75) is 11.8 Å². The normalized spacial score (nSPS) is 16.3. The zero-order valence-electron chi connectivity index (χ0n) is 11.6. The van der Waals surface area contributed by atoms with Gasteiger partial charge in [0.05, 0.1) is 6.61 Å². The molecule has 4 heteroatoms. The molecule has 0 aliphatic carbocycles. The zero-order valence-corrected chi connectivity index (χ0v) is 13.2. The molecule has 110 valence electrons. The van der Waals surface area contributed by atoms with Crippen molar-refractivity contribution in [3.8, 4) is 5.75 Å². The maximum atomic E-state index is 13.4. The molecule has 3 rings (SSSR count). The summed E-state index contributed by atoms with van der Waals surface area (Å²) in [6.45, 7) is 2.37. The second-order valence-electron chi connectivity index (χ2n) is 5.45. The van der Waals surface area contributed by atoms with E-state index in [1.165, 1.54) is 6.07 Å². The van der Waals surface area contributed by atoms with Crippen molar-refractivity contribution in [1.82, 2.24) is 5.32 Å². The molecule has 0 radical (unpaired) electrons. The van der Waals surface area contributed by atoms with Crippen LogP contribution in [0.15, 0.2) is 53.0 Å². The smallest absolute Gasteiger partial charge is 0.123 e. The summed E-state index contributed by atoms with van der Waals surface area (Å²) in [4.78, 5) is 0. The van der Waals surface area contributed by atoms with E-state index in [4.69, 9.17) is 4.74 Å². The molecule has 0 aromatic heterocycles. The van der Waals surface area contributed by atoms with Crippen molar-refractivity contribution < 1.29 is 9.13 Å². The Bertz CT molecular complexity index is 628. The van der Waals surface area contributed by atoms with E-state index in [9.17, 15) is 4.39 Å². The Kier molecular flexibility index (Phi) is 4.27. The Morgan fingerprint density at radius 1 is 1.14 bits per heavy atom. The molecule has 0 bridgehead atoms. The van der Waals surface area contributed by atoms with Crippen LogP contribution in [0, 0.1) is 5.82 Å². The number of hydrogen-bond donors (Lipinski definition) is 1. The molecule has 1 aliphatic heterocycles. The Morgan fingerprint density at radius 3 is 2.62 bits per heavy atom. The Morgan fingerprint density at radius 2 is 1.95 bits per heavy atom. The summed E-state index contributed by atoms with van der Waals surface area (Å²) in [5.41, 5.74) is 1.05. The second kappa shape index (κ2) is 6.16. The summed E-state index contributed by atoms with van der Waals surface area (Å²) < 4.78 is 20.3. The topological polar surface area (TPSA) is 21.3 Å². The lowest BCUT2D eigenvalue weighted by Crippen LogP contribution is -2.57. The minimum Gasteiger partial charge on any atom is -0.494 e. The standard InChI is InChI=1S/C17H17BrFNO/c18-14-4-2-6-16(10-14)21-8-7-17(11-20-12-17)13-3-1-5-15(19)9-13/h1-6,9-10,20H,7-8,11-12H2. The van der Waals surface area contributed by atoms with Gasteiger partial charge in [0, 0.05) is 23.0 Å². The van der Waals surface area contributed by atoms with Crippen LogP contribution in [-0.2, 0) is 5.41 Å². The van der Waals surface area contributed by atoms with E-state index >= 15 is 0 Å². The maximum Gasteiger partial charge on any atom is 0.123 e. The molecular formula is C17H17BrFNO. The van der Waals surface area contributed by atoms with E-state index in [0.29, 0.717) is 6.61 Å². The molecule has 1 heterocycles. The molecule has 2 nitrogen and oxygen atoms in total. The van der Waals surface area contributed by atoms with E-state index in [0.717, 1.165) is 35.3 Å². The lowest BCUT2D eigenvalue weighted by Gasteiger charge is -2.43. The average molecular weight is 350 g/mol. The second-order valence-corrected chi connectivity index (χ2v) is 6.37. The molecule has 1 fully saturated rings. The molecule has 0 saturated carbocycles. The van der Waals surface area contributed by atoms with Crippen molar-refractivity contribution in [3.63, 3.8) is 0 Å². The van der Waals surface area contributed by atoms with Crippen LogP contribution in [0.4, 0.5) is 4.39 Å². The zero-order chi connectivity index (χ0) is 14.7. The van der Waals surface area contributed by atoms with Gasteiger partial charge in [0.25, 0.3) is 0 Å². The molecular weight excluding hydrogens is 333 g/mol. The number of hydrogen-bond acceptors (Lipinski definition) is 2. The molecule has 0 unspecified atom stereocenters. The number of ether oxygens (including phenoxy) is 1. The van der Waals surface area contributed by atoms with E-state index < -0.39 is 0 Å². The quantitative estimate of drug-likeness (QED) is 0.883. The SMILES string of the molecule is Fc1cccc(C2(CCOc3cccc(Br)c3)CNC2)c1. The third-order valence-corrected chi connectivity index (χ3v) is 4.50. The van der Waals surface area contributed by atoms with Crippen LogP contribution in [0.1, 0.15) is 12.0 Å². The van der Waals surface area contributed by atoms with Crippen LogP contribution in [0.25, 0.3) is 0 Å². The van der Waals surface area contributed by atoms with Crippen LogP contribution in [0.2, 0.25) is 0 Å². The number of benzene rings is 2. The van der Waals surface area contributed by atoms with Gasteiger partial charge in [-0.05, 0) is 42.3 Å². The molecule has 1 N–H and O–H groups in total. The molecule has 0 amide bonds. The molecule has 0 atom stereocenters. The van der Waals surface area contributed by atoms with Crippen molar-refractivity contribution >= 4 is 15.9 Å². The van der Waals surface area contributed by atoms with Crippen LogP contribution in [0.3, 0.4) is 0 Å². The van der Waals surface area contributed by atoms with Crippen molar-refractivity contribution in [2.75, 3.05) is 19.7 Å². The van der Waals surface area contributed by atoms with Gasteiger partial charge in [-0.1, -0.05) is 34.1 Å². The van der Waals surface area contributed by atoms with Gasteiger partial charge >= 0.3 is 0 Å². The third-order valence-electron chi connectivity index (χ3n) is 4.01. The van der Waals surface area contributed by atoms with Gasteiger partial charge < -0.3 is 10.1 Å². The minimum absolute atomic E-state index is 0.00584. The highest BCUT2D eigenvalue weighted by Crippen LogP contribution is 2.32. The first kappa shape index (κ1) is 14.5. The predicted molar refractivity (Wildman–Crippen MR) is 85.2 cm³/mol. The van der Waals surface area contributed by atoms with E-state index in [1.807, 2.05) is 30.3 Å². The third kappa shape index (κ3) is 3.27. The van der Waals surface area contributed by atoms with Gasteiger partial charge in [0.15, 0.2) is 0 Å². The fourth-order valence-electron chi connectivity index (χ4n) is 2.69. The van der Waals surface area contributed by atoms with Gasteiger partial charge in [-0.2, -0.15) is 0 Å². The van der Waals surface area contributed by atoms with Gasteiger partial charge in [-0.3, -0.25) is 0 Å². The lowest BCUT2D eigenvalue weighted by molar-refractivity contribution is 0.198. The van der Waals surface area contributed by atoms with Crippen LogP contribution >= 0.6 is 15.9 Å². The highest BCUT2D eigenvalue weighted by Gasteiger charge is 2.38. The van der Waals surface area contributed by atoms with E-state index in [1.54, 1.807) is 12.1 Å². The Balaban J connectivity index is 1.65. The summed E-state index contributed by atoms with van der Waals surface area (Å²) in [5.74, 6) is 0.678. The van der Waals surface area contributed by atoms with E-state index in [2.05, 4.69) is 21.2 Å². The van der Waals surface area contributed by atoms with Crippen molar-refractivity contribution in [2.24, 2.45) is 0 Å².